The highest BCUT2D eigenvalue weighted by atomic mass is 35.5. The van der Waals surface area contributed by atoms with Crippen molar-refractivity contribution in [3.63, 3.8) is 0 Å². The third-order valence-corrected chi connectivity index (χ3v) is 5.08. The molecule has 4 rings (SSSR count). The van der Waals surface area contributed by atoms with E-state index in [0.717, 1.165) is 36.2 Å². The fourth-order valence-electron chi connectivity index (χ4n) is 3.79. The van der Waals surface area contributed by atoms with Crippen molar-refractivity contribution in [3.8, 4) is 5.75 Å². The van der Waals surface area contributed by atoms with Gasteiger partial charge in [0, 0.05) is 22.2 Å². The van der Waals surface area contributed by atoms with Crippen LogP contribution in [0.3, 0.4) is 0 Å². The van der Waals surface area contributed by atoms with Crippen molar-refractivity contribution in [2.24, 2.45) is 0 Å². The molecule has 1 aromatic heterocycles. The predicted molar refractivity (Wildman–Crippen MR) is 107 cm³/mol. The number of Topliss-reactive ketones (excluding diaryl/α,β-unsaturated/α-hetero) is 1. The minimum Gasteiger partial charge on any atom is -0.496 e. The van der Waals surface area contributed by atoms with Crippen molar-refractivity contribution >= 4 is 29.1 Å². The molecule has 1 aliphatic heterocycles. The van der Waals surface area contributed by atoms with E-state index in [1.165, 1.54) is 22.2 Å². The second kappa shape index (κ2) is 7.52. The third kappa shape index (κ3) is 3.22. The average Bonchev–Trinajstić information content (AvgIpc) is 3.01. The third-order valence-electron chi connectivity index (χ3n) is 5.08. The molecule has 136 valence electrons. The van der Waals surface area contributed by atoms with E-state index in [2.05, 4.69) is 16.4 Å². The van der Waals surface area contributed by atoms with Gasteiger partial charge in [-0.2, -0.15) is 0 Å². The lowest BCUT2D eigenvalue weighted by Crippen LogP contribution is -2.31. The van der Waals surface area contributed by atoms with Crippen molar-refractivity contribution in [1.29, 1.82) is 0 Å². The summed E-state index contributed by atoms with van der Waals surface area (Å²) in [5.74, 6) is 1.03. The first-order valence-corrected chi connectivity index (χ1v) is 8.68. The number of ether oxygens (including phenoxy) is 1. The molecular formula is C21H23ClN2O2. The second-order valence-electron chi connectivity index (χ2n) is 6.61. The van der Waals surface area contributed by atoms with Crippen LogP contribution in [0.25, 0.3) is 10.9 Å². The van der Waals surface area contributed by atoms with Gasteiger partial charge in [0.25, 0.3) is 0 Å². The lowest BCUT2D eigenvalue weighted by Gasteiger charge is -2.25. The molecule has 0 spiro atoms. The maximum atomic E-state index is 11.7. The zero-order chi connectivity index (χ0) is 17.4. The van der Waals surface area contributed by atoms with Gasteiger partial charge in [0.15, 0.2) is 5.78 Å². The van der Waals surface area contributed by atoms with Crippen molar-refractivity contribution in [2.45, 2.75) is 25.8 Å². The van der Waals surface area contributed by atoms with E-state index in [9.17, 15) is 4.79 Å². The molecular weight excluding hydrogens is 348 g/mol. The number of para-hydroxylation sites is 1. The molecule has 0 fully saturated rings. The predicted octanol–water partition coefficient (Wildman–Crippen LogP) is 4.23. The highest BCUT2D eigenvalue weighted by molar-refractivity contribution is 5.99. The molecule has 3 aromatic rings. The quantitative estimate of drug-likeness (QED) is 0.676. The number of nitrogens with one attached hydrogen (secondary N) is 2. The molecule has 2 aromatic carbocycles. The summed E-state index contributed by atoms with van der Waals surface area (Å²) < 4.78 is 5.50. The minimum atomic E-state index is 0. The molecule has 0 saturated heterocycles. The normalized spacial score (nSPS) is 16.0. The number of carbonyl (C=O) groups excluding carboxylic acids is 1. The smallest absolute Gasteiger partial charge is 0.159 e. The minimum absolute atomic E-state index is 0. The fourth-order valence-corrected chi connectivity index (χ4v) is 3.79. The van der Waals surface area contributed by atoms with Crippen LogP contribution >= 0.6 is 12.4 Å². The largest absolute Gasteiger partial charge is 0.496 e. The number of benzene rings is 2. The average molecular weight is 371 g/mol. The van der Waals surface area contributed by atoms with Gasteiger partial charge < -0.3 is 15.0 Å². The number of ketones is 1. The molecule has 0 aliphatic carbocycles. The van der Waals surface area contributed by atoms with Gasteiger partial charge >= 0.3 is 0 Å². The summed E-state index contributed by atoms with van der Waals surface area (Å²) in [5, 5.41) is 4.79. The summed E-state index contributed by atoms with van der Waals surface area (Å²) in [4.78, 5) is 15.3. The molecule has 1 atom stereocenters. The summed E-state index contributed by atoms with van der Waals surface area (Å²) in [6.45, 7) is 2.55. The lowest BCUT2D eigenvalue weighted by molar-refractivity contribution is 0.101. The Kier molecular flexibility index (Phi) is 5.35. The molecule has 26 heavy (non-hydrogen) atoms. The molecule has 0 saturated carbocycles. The van der Waals surface area contributed by atoms with Crippen LogP contribution in [0.4, 0.5) is 0 Å². The zero-order valence-electron chi connectivity index (χ0n) is 15.0. The Morgan fingerprint density at radius 1 is 1.23 bits per heavy atom. The van der Waals surface area contributed by atoms with Crippen LogP contribution in [0.2, 0.25) is 0 Å². The number of H-pyrrole nitrogens is 1. The standard InChI is InChI=1S/C21H22N2O2.ClH/c1-13(24)14-7-8-18-17(11-14)16-9-10-22-19(21(16)23-18)12-15-5-3-4-6-20(15)25-2;/h3-8,11,19,22-23H,9-10,12H2,1-2H3;1H. The molecule has 1 aliphatic rings. The van der Waals surface area contributed by atoms with Gasteiger partial charge in [-0.25, -0.2) is 0 Å². The van der Waals surface area contributed by atoms with Gasteiger partial charge in [-0.1, -0.05) is 18.2 Å². The molecule has 2 N–H and O–H groups in total. The number of hydrogen-bond acceptors (Lipinski definition) is 3. The summed E-state index contributed by atoms with van der Waals surface area (Å²) in [5.41, 5.74) is 5.63. The summed E-state index contributed by atoms with van der Waals surface area (Å²) >= 11 is 0. The van der Waals surface area contributed by atoms with Crippen molar-refractivity contribution in [3.05, 3.63) is 64.8 Å². The van der Waals surface area contributed by atoms with E-state index in [1.54, 1.807) is 14.0 Å². The fraction of sp³-hybridized carbons (Fsp3) is 0.286. The van der Waals surface area contributed by atoms with Crippen LogP contribution in [0.1, 0.15) is 40.1 Å². The monoisotopic (exact) mass is 370 g/mol. The van der Waals surface area contributed by atoms with Gasteiger partial charge in [-0.05, 0) is 61.7 Å². The van der Waals surface area contributed by atoms with Crippen LogP contribution in [-0.2, 0) is 12.8 Å². The summed E-state index contributed by atoms with van der Waals surface area (Å²) in [7, 11) is 1.71. The molecule has 5 heteroatoms. The van der Waals surface area contributed by atoms with Crippen molar-refractivity contribution < 1.29 is 9.53 Å². The lowest BCUT2D eigenvalue weighted by atomic mass is 9.94. The first-order chi connectivity index (χ1) is 12.2. The molecule has 0 radical (unpaired) electrons. The summed E-state index contributed by atoms with van der Waals surface area (Å²) in [6, 6.07) is 14.3. The summed E-state index contributed by atoms with van der Waals surface area (Å²) in [6.07, 6.45) is 1.84. The Balaban J connectivity index is 0.00000196. The van der Waals surface area contributed by atoms with E-state index in [-0.39, 0.29) is 24.2 Å². The maximum absolute atomic E-state index is 11.7. The number of aromatic nitrogens is 1. The Hall–Kier alpha value is -2.30. The van der Waals surface area contributed by atoms with Crippen molar-refractivity contribution in [1.82, 2.24) is 10.3 Å². The van der Waals surface area contributed by atoms with Crippen LogP contribution < -0.4 is 10.1 Å². The SMILES string of the molecule is COc1ccccc1CC1NCCc2c1[nH]c1ccc(C(C)=O)cc21.Cl. The number of hydrogen-bond donors (Lipinski definition) is 2. The Morgan fingerprint density at radius 3 is 2.81 bits per heavy atom. The van der Waals surface area contributed by atoms with Crippen LogP contribution in [0, 0.1) is 0 Å². The molecule has 4 nitrogen and oxygen atoms in total. The highest BCUT2D eigenvalue weighted by Gasteiger charge is 2.25. The molecule has 1 unspecified atom stereocenters. The number of rotatable bonds is 4. The number of carbonyl (C=O) groups is 1. The molecule has 2 heterocycles. The number of fused-ring (bicyclic) bond motifs is 3. The van der Waals surface area contributed by atoms with Gasteiger partial charge in [0.2, 0.25) is 0 Å². The Labute approximate surface area is 159 Å². The number of halogens is 1. The first-order valence-electron chi connectivity index (χ1n) is 8.68. The molecule has 0 amide bonds. The number of aromatic amines is 1. The van der Waals surface area contributed by atoms with Gasteiger partial charge in [-0.3, -0.25) is 4.79 Å². The number of methoxy groups -OCH3 is 1. The topological polar surface area (TPSA) is 54.1 Å². The zero-order valence-corrected chi connectivity index (χ0v) is 15.8. The van der Waals surface area contributed by atoms with E-state index >= 15 is 0 Å². The van der Waals surface area contributed by atoms with Crippen LogP contribution in [-0.4, -0.2) is 24.4 Å². The van der Waals surface area contributed by atoms with Crippen molar-refractivity contribution in [2.75, 3.05) is 13.7 Å². The Bertz CT molecular complexity index is 948. The second-order valence-corrected chi connectivity index (χ2v) is 6.61. The van der Waals surface area contributed by atoms with E-state index < -0.39 is 0 Å². The van der Waals surface area contributed by atoms with Crippen LogP contribution in [0.15, 0.2) is 42.5 Å². The van der Waals surface area contributed by atoms with Crippen LogP contribution in [0.5, 0.6) is 5.75 Å². The van der Waals surface area contributed by atoms with Gasteiger partial charge in [-0.15, -0.1) is 12.4 Å². The van der Waals surface area contributed by atoms with E-state index in [4.69, 9.17) is 4.74 Å². The van der Waals surface area contributed by atoms with E-state index in [1.807, 2.05) is 36.4 Å². The highest BCUT2D eigenvalue weighted by Crippen LogP contribution is 2.33. The maximum Gasteiger partial charge on any atom is 0.159 e. The molecule has 0 bridgehead atoms. The van der Waals surface area contributed by atoms with E-state index in [0.29, 0.717) is 0 Å². The van der Waals surface area contributed by atoms with Gasteiger partial charge in [0.05, 0.1) is 13.2 Å². The first kappa shape index (κ1) is 18.5. The Morgan fingerprint density at radius 2 is 2.04 bits per heavy atom. The van der Waals surface area contributed by atoms with Gasteiger partial charge in [0.1, 0.15) is 5.75 Å².